The van der Waals surface area contributed by atoms with Crippen molar-refractivity contribution < 1.29 is 39.1 Å². The van der Waals surface area contributed by atoms with E-state index in [2.05, 4.69) is 0 Å². The molecule has 1 aliphatic rings. The molecule has 0 fully saturated rings. The topological polar surface area (TPSA) is 123 Å². The fraction of sp³-hybridized carbons (Fsp3) is 0.304. The predicted molar refractivity (Wildman–Crippen MR) is 115 cm³/mol. The first kappa shape index (κ1) is 23.6. The van der Waals surface area contributed by atoms with Crippen molar-refractivity contribution in [2.24, 2.45) is 0 Å². The van der Waals surface area contributed by atoms with Crippen molar-refractivity contribution in [2.45, 2.75) is 33.3 Å². The molecule has 0 radical (unpaired) electrons. The number of carbonyl (C=O) groups excluding carboxylic acids is 2. The zero-order chi connectivity index (χ0) is 23.5. The van der Waals surface area contributed by atoms with Crippen LogP contribution >= 0.6 is 0 Å². The molecular formula is C23H26O8. The number of fused-ring (bicyclic) bond motifs is 1. The first-order valence-electron chi connectivity index (χ1n) is 9.35. The maximum absolute atomic E-state index is 11.6. The van der Waals surface area contributed by atoms with Crippen LogP contribution < -0.4 is 14.2 Å². The highest BCUT2D eigenvalue weighted by molar-refractivity contribution is 6.01. The van der Waals surface area contributed by atoms with Crippen LogP contribution in [-0.4, -0.2) is 46.7 Å². The molecule has 2 aromatic carbocycles. The highest BCUT2D eigenvalue weighted by Crippen LogP contribution is 2.43. The molecule has 0 spiro atoms. The Balaban J connectivity index is 0.000000233. The van der Waals surface area contributed by atoms with Gasteiger partial charge in [-0.1, -0.05) is 0 Å². The number of benzene rings is 2. The van der Waals surface area contributed by atoms with Gasteiger partial charge < -0.3 is 29.5 Å². The molecule has 31 heavy (non-hydrogen) atoms. The van der Waals surface area contributed by atoms with E-state index in [0.29, 0.717) is 17.1 Å². The van der Waals surface area contributed by atoms with Gasteiger partial charge in [0.25, 0.3) is 0 Å². The third-order valence-corrected chi connectivity index (χ3v) is 4.50. The van der Waals surface area contributed by atoms with Gasteiger partial charge >= 0.3 is 0 Å². The fourth-order valence-corrected chi connectivity index (χ4v) is 3.09. The number of ether oxygens (including phenoxy) is 3. The predicted octanol–water partition coefficient (Wildman–Crippen LogP) is 4.10. The van der Waals surface area contributed by atoms with E-state index >= 15 is 0 Å². The van der Waals surface area contributed by atoms with Gasteiger partial charge in [-0.15, -0.1) is 0 Å². The summed E-state index contributed by atoms with van der Waals surface area (Å²) in [5, 5.41) is 28.5. The van der Waals surface area contributed by atoms with Crippen molar-refractivity contribution in [3.05, 3.63) is 41.0 Å². The van der Waals surface area contributed by atoms with E-state index in [4.69, 9.17) is 19.3 Å². The van der Waals surface area contributed by atoms with Crippen LogP contribution in [-0.2, 0) is 0 Å². The van der Waals surface area contributed by atoms with Crippen molar-refractivity contribution >= 4 is 17.6 Å². The van der Waals surface area contributed by atoms with Crippen molar-refractivity contribution in [1.29, 1.82) is 0 Å². The molecule has 1 aliphatic heterocycles. The van der Waals surface area contributed by atoms with Crippen molar-refractivity contribution in [3.8, 4) is 34.5 Å². The summed E-state index contributed by atoms with van der Waals surface area (Å²) in [7, 11) is 2.82. The SMILES string of the molecule is COc1cc(O)cc(O)c1C(C)=O.COc1cc2c(c(O)c1C(C)=O)C=CC(C)(C)O2. The van der Waals surface area contributed by atoms with E-state index in [1.807, 2.05) is 19.9 Å². The average molecular weight is 430 g/mol. The number of methoxy groups -OCH3 is 2. The molecule has 3 rings (SSSR count). The van der Waals surface area contributed by atoms with Crippen molar-refractivity contribution in [3.63, 3.8) is 0 Å². The number of ketones is 2. The fourth-order valence-electron chi connectivity index (χ4n) is 3.09. The molecule has 3 N–H and O–H groups in total. The molecule has 8 heteroatoms. The molecule has 1 heterocycles. The maximum Gasteiger partial charge on any atom is 0.167 e. The van der Waals surface area contributed by atoms with Crippen LogP contribution in [0.5, 0.6) is 34.5 Å². The second kappa shape index (κ2) is 8.99. The molecule has 0 unspecified atom stereocenters. The Morgan fingerprint density at radius 2 is 1.45 bits per heavy atom. The molecule has 0 saturated carbocycles. The van der Waals surface area contributed by atoms with Crippen LogP contribution in [0.1, 0.15) is 54.0 Å². The molecule has 0 aliphatic carbocycles. The minimum Gasteiger partial charge on any atom is -0.508 e. The molecule has 2 aromatic rings. The lowest BCUT2D eigenvalue weighted by molar-refractivity contribution is 0.0998. The lowest BCUT2D eigenvalue weighted by Gasteiger charge is -2.29. The standard InChI is InChI=1S/C14H16O4.C9H10O4/c1-8(15)12-11(17-4)7-10-9(13(12)16)5-6-14(2,3)18-10;1-5(10)9-7(12)3-6(11)4-8(9)13-2/h5-7,16H,1-4H3;3-4,11-12H,1-2H3. The van der Waals surface area contributed by atoms with Gasteiger partial charge in [0.1, 0.15) is 51.2 Å². The Kier molecular flexibility index (Phi) is 6.84. The molecule has 0 atom stereocenters. The number of hydrogen-bond acceptors (Lipinski definition) is 8. The largest absolute Gasteiger partial charge is 0.508 e. The van der Waals surface area contributed by atoms with Crippen LogP contribution in [0.4, 0.5) is 0 Å². The van der Waals surface area contributed by atoms with Gasteiger partial charge in [-0.05, 0) is 39.8 Å². The van der Waals surface area contributed by atoms with Crippen LogP contribution in [0.25, 0.3) is 6.08 Å². The summed E-state index contributed by atoms with van der Waals surface area (Å²) < 4.78 is 15.7. The third kappa shape index (κ3) is 5.09. The van der Waals surface area contributed by atoms with Gasteiger partial charge in [-0.25, -0.2) is 0 Å². The summed E-state index contributed by atoms with van der Waals surface area (Å²) in [6.45, 7) is 6.53. The zero-order valence-corrected chi connectivity index (χ0v) is 18.3. The van der Waals surface area contributed by atoms with Gasteiger partial charge in [0.15, 0.2) is 11.6 Å². The summed E-state index contributed by atoms with van der Waals surface area (Å²) in [4.78, 5) is 22.6. The average Bonchev–Trinajstić information content (AvgIpc) is 2.65. The van der Waals surface area contributed by atoms with E-state index in [-0.39, 0.29) is 45.7 Å². The number of phenols is 3. The Hall–Kier alpha value is -3.68. The van der Waals surface area contributed by atoms with E-state index in [9.17, 15) is 19.8 Å². The first-order valence-corrected chi connectivity index (χ1v) is 9.35. The van der Waals surface area contributed by atoms with Gasteiger partial charge in [0.05, 0.1) is 19.8 Å². The number of rotatable bonds is 4. The van der Waals surface area contributed by atoms with E-state index in [0.717, 1.165) is 6.07 Å². The Morgan fingerprint density at radius 1 is 0.903 bits per heavy atom. The molecular weight excluding hydrogens is 404 g/mol. The van der Waals surface area contributed by atoms with Gasteiger partial charge in [0.2, 0.25) is 0 Å². The quantitative estimate of drug-likeness (QED) is 0.620. The van der Waals surface area contributed by atoms with Gasteiger partial charge in [-0.3, -0.25) is 9.59 Å². The minimum absolute atomic E-state index is 0.0836. The maximum atomic E-state index is 11.6. The highest BCUT2D eigenvalue weighted by atomic mass is 16.5. The Morgan fingerprint density at radius 3 is 1.97 bits per heavy atom. The molecule has 0 saturated heterocycles. The lowest BCUT2D eigenvalue weighted by Crippen LogP contribution is -2.27. The first-order chi connectivity index (χ1) is 14.4. The Labute approximate surface area is 180 Å². The molecule has 0 bridgehead atoms. The summed E-state index contributed by atoms with van der Waals surface area (Å²) >= 11 is 0. The molecule has 0 amide bonds. The molecule has 166 valence electrons. The number of aromatic hydroxyl groups is 3. The normalized spacial score (nSPS) is 13.2. The van der Waals surface area contributed by atoms with E-state index in [1.54, 1.807) is 12.1 Å². The summed E-state index contributed by atoms with van der Waals surface area (Å²) in [6.07, 6.45) is 3.60. The van der Waals surface area contributed by atoms with Gasteiger partial charge in [-0.2, -0.15) is 0 Å². The van der Waals surface area contributed by atoms with Crippen molar-refractivity contribution in [2.75, 3.05) is 14.2 Å². The highest BCUT2D eigenvalue weighted by Gasteiger charge is 2.27. The second-order valence-corrected chi connectivity index (χ2v) is 7.41. The second-order valence-electron chi connectivity index (χ2n) is 7.41. The number of carbonyl (C=O) groups is 2. The van der Waals surface area contributed by atoms with Crippen LogP contribution in [0.15, 0.2) is 24.3 Å². The lowest BCUT2D eigenvalue weighted by atomic mass is 9.97. The minimum atomic E-state index is -0.442. The number of hydrogen-bond donors (Lipinski definition) is 3. The molecule has 8 nitrogen and oxygen atoms in total. The summed E-state index contributed by atoms with van der Waals surface area (Å²) in [5.74, 6) is -0.0521. The Bertz CT molecular complexity index is 1050. The smallest absolute Gasteiger partial charge is 0.167 e. The van der Waals surface area contributed by atoms with Crippen LogP contribution in [0, 0.1) is 0 Å². The third-order valence-electron chi connectivity index (χ3n) is 4.50. The van der Waals surface area contributed by atoms with Crippen LogP contribution in [0.3, 0.4) is 0 Å². The summed E-state index contributed by atoms with van der Waals surface area (Å²) in [5.41, 5.74) is 0.340. The van der Waals surface area contributed by atoms with Crippen molar-refractivity contribution in [1.82, 2.24) is 0 Å². The van der Waals surface area contributed by atoms with E-state index < -0.39 is 5.60 Å². The number of phenolic OH excluding ortho intramolecular Hbond substituents is 3. The zero-order valence-electron chi connectivity index (χ0n) is 18.3. The van der Waals surface area contributed by atoms with E-state index in [1.165, 1.54) is 34.1 Å². The monoisotopic (exact) mass is 430 g/mol. The van der Waals surface area contributed by atoms with Crippen LogP contribution in [0.2, 0.25) is 0 Å². The summed E-state index contributed by atoms with van der Waals surface area (Å²) in [6, 6.07) is 4.01. The molecule has 0 aromatic heterocycles. The van der Waals surface area contributed by atoms with Gasteiger partial charge in [0, 0.05) is 18.2 Å². The number of Topliss-reactive ketones (excluding diaryl/α,β-unsaturated/α-hetero) is 2.